The molecule has 1 atom stereocenters. The van der Waals surface area contributed by atoms with Crippen LogP contribution >= 0.6 is 0 Å². The van der Waals surface area contributed by atoms with Crippen LogP contribution in [0.15, 0.2) is 30.3 Å². The lowest BCUT2D eigenvalue weighted by Gasteiger charge is -2.16. The van der Waals surface area contributed by atoms with Gasteiger partial charge in [-0.15, -0.1) is 0 Å². The molecule has 0 aliphatic carbocycles. The number of likely N-dealkylation sites (tertiary alicyclic amines) is 1. The molecule has 0 saturated carbocycles. The van der Waals surface area contributed by atoms with Gasteiger partial charge >= 0.3 is 0 Å². The van der Waals surface area contributed by atoms with E-state index >= 15 is 0 Å². The third kappa shape index (κ3) is 4.94. The van der Waals surface area contributed by atoms with E-state index in [2.05, 4.69) is 22.3 Å². The number of carbonyl (C=O) groups excluding carboxylic acids is 1. The second kappa shape index (κ2) is 8.02. The Hall–Kier alpha value is -1.39. The lowest BCUT2D eigenvalue weighted by Crippen LogP contribution is -2.43. The monoisotopic (exact) mass is 275 g/mol. The largest absolute Gasteiger partial charge is 0.353 e. The van der Waals surface area contributed by atoms with Crippen molar-refractivity contribution in [1.82, 2.24) is 10.2 Å². The molecule has 1 aliphatic heterocycles. The molecule has 1 aromatic carbocycles. The highest BCUT2D eigenvalue weighted by Crippen LogP contribution is 2.06. The Balaban J connectivity index is 1.61. The molecule has 1 saturated heterocycles. The van der Waals surface area contributed by atoms with Gasteiger partial charge in [0.15, 0.2) is 0 Å². The Bertz CT molecular complexity index is 401. The summed E-state index contributed by atoms with van der Waals surface area (Å²) < 4.78 is 0. The van der Waals surface area contributed by atoms with Gasteiger partial charge in [0, 0.05) is 13.1 Å². The molecule has 1 heterocycles. The number of rotatable bonds is 7. The molecule has 1 fully saturated rings. The molecular formula is C16H25N3O. The lowest BCUT2D eigenvalue weighted by molar-refractivity contribution is -0.122. The van der Waals surface area contributed by atoms with Gasteiger partial charge in [-0.05, 0) is 44.3 Å². The topological polar surface area (TPSA) is 58.4 Å². The molecule has 0 bridgehead atoms. The van der Waals surface area contributed by atoms with Crippen LogP contribution in [-0.4, -0.2) is 43.0 Å². The molecule has 3 N–H and O–H groups in total. The van der Waals surface area contributed by atoms with Crippen LogP contribution in [0.3, 0.4) is 0 Å². The van der Waals surface area contributed by atoms with Gasteiger partial charge in [0.05, 0.1) is 6.04 Å². The third-order valence-corrected chi connectivity index (χ3v) is 3.85. The Morgan fingerprint density at radius 2 is 1.95 bits per heavy atom. The Kier molecular flexibility index (Phi) is 6.02. The van der Waals surface area contributed by atoms with Crippen molar-refractivity contribution in [3.63, 3.8) is 0 Å². The molecule has 110 valence electrons. The number of nitrogens with two attached hydrogens (primary N) is 1. The maximum Gasteiger partial charge on any atom is 0.236 e. The van der Waals surface area contributed by atoms with Crippen LogP contribution in [0, 0.1) is 0 Å². The van der Waals surface area contributed by atoms with E-state index in [1.54, 1.807) is 0 Å². The Labute approximate surface area is 121 Å². The zero-order valence-electron chi connectivity index (χ0n) is 12.1. The zero-order chi connectivity index (χ0) is 14.2. The SMILES string of the molecule is N[C@@H](CCc1ccccc1)C(=O)NCCN1CCCC1. The highest BCUT2D eigenvalue weighted by Gasteiger charge is 2.14. The van der Waals surface area contributed by atoms with E-state index in [0.29, 0.717) is 13.0 Å². The molecule has 20 heavy (non-hydrogen) atoms. The van der Waals surface area contributed by atoms with Crippen molar-refractivity contribution in [2.24, 2.45) is 5.73 Å². The van der Waals surface area contributed by atoms with Crippen molar-refractivity contribution in [3.05, 3.63) is 35.9 Å². The Morgan fingerprint density at radius 1 is 1.25 bits per heavy atom. The third-order valence-electron chi connectivity index (χ3n) is 3.85. The van der Waals surface area contributed by atoms with E-state index in [1.807, 2.05) is 18.2 Å². The first-order chi connectivity index (χ1) is 9.75. The predicted molar refractivity (Wildman–Crippen MR) is 81.4 cm³/mol. The van der Waals surface area contributed by atoms with Gasteiger partial charge in [-0.2, -0.15) is 0 Å². The van der Waals surface area contributed by atoms with Crippen LogP contribution in [0.25, 0.3) is 0 Å². The summed E-state index contributed by atoms with van der Waals surface area (Å²) in [6.07, 6.45) is 4.11. The van der Waals surface area contributed by atoms with Crippen LogP contribution < -0.4 is 11.1 Å². The second-order valence-electron chi connectivity index (χ2n) is 5.47. The van der Waals surface area contributed by atoms with Gasteiger partial charge in [0.1, 0.15) is 0 Å². The van der Waals surface area contributed by atoms with Crippen LogP contribution in [0.2, 0.25) is 0 Å². The van der Waals surface area contributed by atoms with Crippen molar-refractivity contribution < 1.29 is 4.79 Å². The predicted octanol–water partition coefficient (Wildman–Crippen LogP) is 1.16. The first kappa shape index (κ1) is 15.0. The van der Waals surface area contributed by atoms with Gasteiger partial charge in [-0.3, -0.25) is 4.79 Å². The minimum absolute atomic E-state index is 0.0277. The van der Waals surface area contributed by atoms with Crippen LogP contribution in [-0.2, 0) is 11.2 Å². The summed E-state index contributed by atoms with van der Waals surface area (Å²) >= 11 is 0. The summed E-state index contributed by atoms with van der Waals surface area (Å²) in [5, 5.41) is 2.94. The summed E-state index contributed by atoms with van der Waals surface area (Å²) in [7, 11) is 0. The molecule has 0 unspecified atom stereocenters. The fourth-order valence-electron chi connectivity index (χ4n) is 2.57. The van der Waals surface area contributed by atoms with Gasteiger partial charge in [0.25, 0.3) is 0 Å². The van der Waals surface area contributed by atoms with E-state index in [9.17, 15) is 4.79 Å². The summed E-state index contributed by atoms with van der Waals surface area (Å²) in [4.78, 5) is 14.3. The average molecular weight is 275 g/mol. The maximum atomic E-state index is 11.9. The van der Waals surface area contributed by atoms with Gasteiger partial charge in [0.2, 0.25) is 5.91 Å². The number of carbonyl (C=O) groups is 1. The standard InChI is InChI=1S/C16H25N3O/c17-15(9-8-14-6-2-1-3-7-14)16(20)18-10-13-19-11-4-5-12-19/h1-3,6-7,15H,4-5,8-13,17H2,(H,18,20)/t15-/m0/s1. The van der Waals surface area contributed by atoms with Gasteiger partial charge in [-0.25, -0.2) is 0 Å². The minimum atomic E-state index is -0.409. The average Bonchev–Trinajstić information content (AvgIpc) is 2.99. The fraction of sp³-hybridized carbons (Fsp3) is 0.562. The highest BCUT2D eigenvalue weighted by molar-refractivity contribution is 5.81. The van der Waals surface area contributed by atoms with Crippen molar-refractivity contribution in [2.45, 2.75) is 31.7 Å². The number of nitrogens with zero attached hydrogens (tertiary/aromatic N) is 1. The molecule has 0 radical (unpaired) electrons. The molecule has 4 nitrogen and oxygen atoms in total. The maximum absolute atomic E-state index is 11.9. The van der Waals surface area contributed by atoms with Crippen molar-refractivity contribution in [2.75, 3.05) is 26.2 Å². The number of hydrogen-bond acceptors (Lipinski definition) is 3. The first-order valence-electron chi connectivity index (χ1n) is 7.55. The highest BCUT2D eigenvalue weighted by atomic mass is 16.2. The van der Waals surface area contributed by atoms with Crippen LogP contribution in [0.4, 0.5) is 0 Å². The van der Waals surface area contributed by atoms with Crippen molar-refractivity contribution in [1.29, 1.82) is 0 Å². The second-order valence-corrected chi connectivity index (χ2v) is 5.47. The van der Waals surface area contributed by atoms with E-state index in [4.69, 9.17) is 5.73 Å². The minimum Gasteiger partial charge on any atom is -0.353 e. The van der Waals surface area contributed by atoms with Crippen molar-refractivity contribution >= 4 is 5.91 Å². The molecule has 1 aliphatic rings. The zero-order valence-corrected chi connectivity index (χ0v) is 12.1. The number of hydrogen-bond donors (Lipinski definition) is 2. The van der Waals surface area contributed by atoms with E-state index < -0.39 is 6.04 Å². The summed E-state index contributed by atoms with van der Waals surface area (Å²) in [5.74, 6) is -0.0277. The van der Waals surface area contributed by atoms with E-state index in [-0.39, 0.29) is 5.91 Å². The summed E-state index contributed by atoms with van der Waals surface area (Å²) in [5.41, 5.74) is 7.16. The quantitative estimate of drug-likeness (QED) is 0.785. The number of aryl methyl sites for hydroxylation is 1. The van der Waals surface area contributed by atoms with E-state index in [0.717, 1.165) is 26.1 Å². The first-order valence-corrected chi connectivity index (χ1v) is 7.55. The van der Waals surface area contributed by atoms with E-state index in [1.165, 1.54) is 18.4 Å². The number of amides is 1. The molecule has 4 heteroatoms. The van der Waals surface area contributed by atoms with Gasteiger partial charge < -0.3 is 16.0 Å². The summed E-state index contributed by atoms with van der Waals surface area (Å²) in [6, 6.07) is 9.74. The molecular weight excluding hydrogens is 250 g/mol. The summed E-state index contributed by atoms with van der Waals surface area (Å²) in [6.45, 7) is 3.97. The van der Waals surface area contributed by atoms with Crippen LogP contribution in [0.5, 0.6) is 0 Å². The normalized spacial score (nSPS) is 17.1. The molecule has 0 spiro atoms. The van der Waals surface area contributed by atoms with Gasteiger partial charge in [-0.1, -0.05) is 30.3 Å². The molecule has 2 rings (SSSR count). The molecule has 1 amide bonds. The molecule has 1 aromatic rings. The molecule has 0 aromatic heterocycles. The number of nitrogens with one attached hydrogen (secondary N) is 1. The lowest BCUT2D eigenvalue weighted by atomic mass is 10.1. The number of benzene rings is 1. The van der Waals surface area contributed by atoms with Crippen LogP contribution in [0.1, 0.15) is 24.8 Å². The Morgan fingerprint density at radius 3 is 2.65 bits per heavy atom. The fourth-order valence-corrected chi connectivity index (χ4v) is 2.57. The van der Waals surface area contributed by atoms with Crippen molar-refractivity contribution in [3.8, 4) is 0 Å². The smallest absolute Gasteiger partial charge is 0.236 e.